The lowest BCUT2D eigenvalue weighted by molar-refractivity contribution is -0.129. The van der Waals surface area contributed by atoms with Gasteiger partial charge in [0.15, 0.2) is 0 Å². The molecule has 0 aliphatic heterocycles. The second-order valence-electron chi connectivity index (χ2n) is 3.88. The van der Waals surface area contributed by atoms with Gasteiger partial charge in [-0.05, 0) is 24.3 Å². The summed E-state index contributed by atoms with van der Waals surface area (Å²) in [5, 5.41) is 2.75. The quantitative estimate of drug-likeness (QED) is 0.665. The summed E-state index contributed by atoms with van der Waals surface area (Å²) in [4.78, 5) is 15.0. The summed E-state index contributed by atoms with van der Waals surface area (Å²) in [6.07, 6.45) is 1.59. The molecule has 0 spiro atoms. The monoisotopic (exact) mass is 274 g/mol. The van der Waals surface area contributed by atoms with Crippen LogP contribution in [0.15, 0.2) is 54.7 Å². The predicted molar refractivity (Wildman–Crippen MR) is 77.0 cm³/mol. The van der Waals surface area contributed by atoms with Gasteiger partial charge in [-0.15, -0.1) is 12.6 Å². The number of carbonyl (C=O) groups is 1. The molecule has 0 aliphatic rings. The van der Waals surface area contributed by atoms with Crippen LogP contribution in [0.2, 0.25) is 0 Å². The van der Waals surface area contributed by atoms with Crippen molar-refractivity contribution in [2.24, 2.45) is 0 Å². The number of pyridine rings is 1. The van der Waals surface area contributed by atoms with Crippen LogP contribution >= 0.6 is 12.6 Å². The molecule has 1 aromatic carbocycles. The molecule has 0 fully saturated rings. The fraction of sp³-hybridized carbons (Fsp3) is 0.143. The Hall–Kier alpha value is -1.85. The highest BCUT2D eigenvalue weighted by atomic mass is 32.1. The van der Waals surface area contributed by atoms with E-state index in [0.29, 0.717) is 11.4 Å². The van der Waals surface area contributed by atoms with Gasteiger partial charge in [-0.25, -0.2) is 0 Å². The van der Waals surface area contributed by atoms with Crippen molar-refractivity contribution in [2.45, 2.75) is 4.93 Å². The summed E-state index contributed by atoms with van der Waals surface area (Å²) in [5.74, 6) is -0.386. The highest BCUT2D eigenvalue weighted by Gasteiger charge is 2.38. The number of aromatic nitrogens is 1. The number of nitrogens with one attached hydrogen (secondary N) is 1. The largest absolute Gasteiger partial charge is 0.354 e. The zero-order valence-electron chi connectivity index (χ0n) is 10.4. The normalized spacial score (nSPS) is 13.6. The van der Waals surface area contributed by atoms with Crippen molar-refractivity contribution < 1.29 is 9.53 Å². The van der Waals surface area contributed by atoms with E-state index in [2.05, 4.69) is 22.9 Å². The average molecular weight is 274 g/mol. The first-order chi connectivity index (χ1) is 9.16. The van der Waals surface area contributed by atoms with E-state index in [9.17, 15) is 4.79 Å². The smallest absolute Gasteiger partial charge is 0.273 e. The molecule has 1 aromatic heterocycles. The number of hydrogen-bond acceptors (Lipinski definition) is 4. The maximum atomic E-state index is 12.3. The van der Waals surface area contributed by atoms with Gasteiger partial charge >= 0.3 is 0 Å². The Morgan fingerprint density at radius 1 is 1.21 bits per heavy atom. The Morgan fingerprint density at radius 3 is 2.47 bits per heavy atom. The number of thiol groups is 1. The number of benzene rings is 1. The van der Waals surface area contributed by atoms with Crippen LogP contribution in [0.4, 0.5) is 5.69 Å². The molecule has 2 rings (SSSR count). The molecule has 1 unspecified atom stereocenters. The molecule has 0 saturated carbocycles. The molecule has 0 saturated heterocycles. The van der Waals surface area contributed by atoms with Gasteiger partial charge in [0, 0.05) is 19.0 Å². The Bertz CT molecular complexity index is 548. The number of rotatable bonds is 4. The molecule has 0 aliphatic carbocycles. The van der Waals surface area contributed by atoms with Crippen LogP contribution in [0.5, 0.6) is 0 Å². The lowest BCUT2D eigenvalue weighted by Gasteiger charge is -2.25. The molecule has 4 nitrogen and oxygen atoms in total. The van der Waals surface area contributed by atoms with E-state index >= 15 is 0 Å². The fourth-order valence-electron chi connectivity index (χ4n) is 1.61. The van der Waals surface area contributed by atoms with Gasteiger partial charge in [-0.3, -0.25) is 9.78 Å². The van der Waals surface area contributed by atoms with Crippen molar-refractivity contribution in [2.75, 3.05) is 12.4 Å². The van der Waals surface area contributed by atoms with Gasteiger partial charge in [-0.1, -0.05) is 24.3 Å². The number of nitrogens with zero attached hydrogens (tertiary/aromatic N) is 1. The van der Waals surface area contributed by atoms with Crippen LogP contribution in [-0.4, -0.2) is 18.0 Å². The Kier molecular flexibility index (Phi) is 4.19. The average Bonchev–Trinajstić information content (AvgIpc) is 2.48. The zero-order valence-corrected chi connectivity index (χ0v) is 11.3. The minimum atomic E-state index is -1.42. The van der Waals surface area contributed by atoms with Crippen molar-refractivity contribution in [3.05, 3.63) is 60.4 Å². The Morgan fingerprint density at radius 2 is 1.89 bits per heavy atom. The van der Waals surface area contributed by atoms with E-state index in [1.54, 1.807) is 36.5 Å². The van der Waals surface area contributed by atoms with Crippen molar-refractivity contribution in [1.82, 2.24) is 4.98 Å². The molecule has 98 valence electrons. The number of anilines is 1. The lowest BCUT2D eigenvalue weighted by Crippen LogP contribution is -2.38. The van der Waals surface area contributed by atoms with Crippen LogP contribution in [-0.2, 0) is 14.5 Å². The van der Waals surface area contributed by atoms with Gasteiger partial charge in [-0.2, -0.15) is 0 Å². The third kappa shape index (κ3) is 2.94. The number of methoxy groups -OCH3 is 1. The third-order valence-corrected chi connectivity index (χ3v) is 3.26. The van der Waals surface area contributed by atoms with E-state index < -0.39 is 4.93 Å². The third-order valence-electron chi connectivity index (χ3n) is 2.65. The second-order valence-corrected chi connectivity index (χ2v) is 4.51. The van der Waals surface area contributed by atoms with Crippen LogP contribution < -0.4 is 5.32 Å². The number of para-hydroxylation sites is 1. The van der Waals surface area contributed by atoms with Crippen LogP contribution in [0.1, 0.15) is 5.69 Å². The van der Waals surface area contributed by atoms with E-state index in [4.69, 9.17) is 4.74 Å². The van der Waals surface area contributed by atoms with Crippen molar-refractivity contribution in [3.63, 3.8) is 0 Å². The topological polar surface area (TPSA) is 51.2 Å². The molecule has 5 heteroatoms. The minimum Gasteiger partial charge on any atom is -0.354 e. The Labute approximate surface area is 117 Å². The highest BCUT2D eigenvalue weighted by Crippen LogP contribution is 2.29. The van der Waals surface area contributed by atoms with Gasteiger partial charge in [0.1, 0.15) is 0 Å². The summed E-state index contributed by atoms with van der Waals surface area (Å²) >= 11 is 4.34. The summed E-state index contributed by atoms with van der Waals surface area (Å²) in [6, 6.07) is 14.4. The predicted octanol–water partition coefficient (Wildman–Crippen LogP) is 2.45. The molecule has 19 heavy (non-hydrogen) atoms. The summed E-state index contributed by atoms with van der Waals surface area (Å²) < 4.78 is 5.25. The molecule has 1 amide bonds. The van der Waals surface area contributed by atoms with E-state index in [1.165, 1.54) is 7.11 Å². The summed E-state index contributed by atoms with van der Waals surface area (Å²) in [5.41, 5.74) is 1.12. The first-order valence-corrected chi connectivity index (χ1v) is 6.17. The molecule has 0 radical (unpaired) electrons. The number of ether oxygens (including phenoxy) is 1. The summed E-state index contributed by atoms with van der Waals surface area (Å²) in [6.45, 7) is 0. The van der Waals surface area contributed by atoms with Gasteiger partial charge < -0.3 is 10.1 Å². The van der Waals surface area contributed by atoms with Crippen molar-refractivity contribution >= 4 is 24.2 Å². The fourth-order valence-corrected chi connectivity index (χ4v) is 1.80. The minimum absolute atomic E-state index is 0.386. The van der Waals surface area contributed by atoms with E-state index in [0.717, 1.165) is 0 Å². The van der Waals surface area contributed by atoms with Crippen LogP contribution in [0, 0.1) is 0 Å². The number of amides is 1. The van der Waals surface area contributed by atoms with Crippen LogP contribution in [0.25, 0.3) is 0 Å². The van der Waals surface area contributed by atoms with Crippen molar-refractivity contribution in [1.29, 1.82) is 0 Å². The van der Waals surface area contributed by atoms with Gasteiger partial charge in [0.2, 0.25) is 4.93 Å². The molecule has 1 heterocycles. The molecular formula is C14H14N2O2S. The first kappa shape index (κ1) is 13.6. The van der Waals surface area contributed by atoms with E-state index in [1.807, 2.05) is 18.2 Å². The maximum absolute atomic E-state index is 12.3. The zero-order chi connectivity index (χ0) is 13.7. The molecule has 0 bridgehead atoms. The van der Waals surface area contributed by atoms with Crippen molar-refractivity contribution in [3.8, 4) is 0 Å². The van der Waals surface area contributed by atoms with Gasteiger partial charge in [0.25, 0.3) is 5.91 Å². The molecular weight excluding hydrogens is 260 g/mol. The standard InChI is InChI=1S/C14H14N2O2S/c1-18-14(19,12-9-5-6-10-15-12)13(17)16-11-7-3-2-4-8-11/h2-10,19H,1H3,(H,16,17). The van der Waals surface area contributed by atoms with E-state index in [-0.39, 0.29) is 5.91 Å². The van der Waals surface area contributed by atoms with Gasteiger partial charge in [0.05, 0.1) is 5.69 Å². The number of hydrogen-bond donors (Lipinski definition) is 2. The maximum Gasteiger partial charge on any atom is 0.273 e. The molecule has 1 N–H and O–H groups in total. The highest BCUT2D eigenvalue weighted by molar-refractivity contribution is 7.82. The first-order valence-electron chi connectivity index (χ1n) is 5.72. The lowest BCUT2D eigenvalue weighted by atomic mass is 10.2. The molecule has 1 atom stereocenters. The summed E-state index contributed by atoms with van der Waals surface area (Å²) in [7, 11) is 1.42. The number of carbonyl (C=O) groups excluding carboxylic acids is 1. The van der Waals surface area contributed by atoms with Crippen LogP contribution in [0.3, 0.4) is 0 Å². The second kappa shape index (κ2) is 5.86. The Balaban J connectivity index is 2.24. The SMILES string of the molecule is COC(S)(C(=O)Nc1ccccc1)c1ccccn1. The molecule has 2 aromatic rings.